The van der Waals surface area contributed by atoms with Crippen molar-refractivity contribution in [3.05, 3.63) is 48.5 Å². The number of alkyl halides is 3. The number of benzene rings is 2. The predicted molar refractivity (Wildman–Crippen MR) is 76.9 cm³/mol. The van der Waals surface area contributed by atoms with Gasteiger partial charge in [0.2, 0.25) is 0 Å². The molecule has 0 spiro atoms. The molecule has 0 heterocycles. The molecule has 0 saturated heterocycles. The number of methoxy groups -OCH3 is 1. The SMILES string of the molecule is COc1ccc(S(=O)(=O)Nc2ccc(OC(F)(F)F)cc2)cc1. The van der Waals surface area contributed by atoms with E-state index in [1.807, 2.05) is 0 Å². The molecule has 0 fully saturated rings. The van der Waals surface area contributed by atoms with Crippen LogP contribution in [0.25, 0.3) is 0 Å². The van der Waals surface area contributed by atoms with Crippen LogP contribution < -0.4 is 14.2 Å². The summed E-state index contributed by atoms with van der Waals surface area (Å²) < 4.78 is 71.4. The summed E-state index contributed by atoms with van der Waals surface area (Å²) in [5.41, 5.74) is 0.107. The second kappa shape index (κ2) is 6.37. The van der Waals surface area contributed by atoms with Crippen LogP contribution in [0, 0.1) is 0 Å². The highest BCUT2D eigenvalue weighted by molar-refractivity contribution is 7.92. The Morgan fingerprint density at radius 1 is 0.913 bits per heavy atom. The molecule has 5 nitrogen and oxygen atoms in total. The lowest BCUT2D eigenvalue weighted by atomic mass is 10.3. The average Bonchev–Trinajstić information content (AvgIpc) is 2.48. The van der Waals surface area contributed by atoms with Gasteiger partial charge < -0.3 is 9.47 Å². The Labute approximate surface area is 130 Å². The van der Waals surface area contributed by atoms with Crippen molar-refractivity contribution in [3.8, 4) is 11.5 Å². The second-order valence-electron chi connectivity index (χ2n) is 4.35. The Bertz CT molecular complexity index is 756. The Hall–Kier alpha value is -2.42. The second-order valence-corrected chi connectivity index (χ2v) is 6.04. The van der Waals surface area contributed by atoms with Crippen LogP contribution in [0.3, 0.4) is 0 Å². The molecule has 0 atom stereocenters. The third-order valence-electron chi connectivity index (χ3n) is 2.71. The summed E-state index contributed by atoms with van der Waals surface area (Å²) in [6.07, 6.45) is -4.80. The molecule has 0 aliphatic rings. The molecule has 124 valence electrons. The predicted octanol–water partition coefficient (Wildman–Crippen LogP) is 3.39. The van der Waals surface area contributed by atoms with Crippen LogP contribution in [-0.4, -0.2) is 21.9 Å². The largest absolute Gasteiger partial charge is 0.573 e. The number of nitrogens with one attached hydrogen (secondary N) is 1. The molecule has 23 heavy (non-hydrogen) atoms. The van der Waals surface area contributed by atoms with E-state index in [0.29, 0.717) is 5.75 Å². The van der Waals surface area contributed by atoms with Gasteiger partial charge in [0.15, 0.2) is 0 Å². The maximum Gasteiger partial charge on any atom is 0.573 e. The molecule has 0 aliphatic heterocycles. The van der Waals surface area contributed by atoms with Crippen molar-refractivity contribution in [2.45, 2.75) is 11.3 Å². The smallest absolute Gasteiger partial charge is 0.497 e. The van der Waals surface area contributed by atoms with E-state index in [2.05, 4.69) is 9.46 Å². The number of sulfonamides is 1. The van der Waals surface area contributed by atoms with Crippen molar-refractivity contribution in [1.29, 1.82) is 0 Å². The van der Waals surface area contributed by atoms with E-state index in [4.69, 9.17) is 4.74 Å². The first-order chi connectivity index (χ1) is 10.7. The summed E-state index contributed by atoms with van der Waals surface area (Å²) in [6, 6.07) is 10.0. The van der Waals surface area contributed by atoms with Gasteiger partial charge in [-0.25, -0.2) is 8.42 Å². The third kappa shape index (κ3) is 4.78. The van der Waals surface area contributed by atoms with Crippen molar-refractivity contribution in [1.82, 2.24) is 0 Å². The van der Waals surface area contributed by atoms with E-state index < -0.39 is 22.1 Å². The molecular formula is C14H12F3NO4S. The highest BCUT2D eigenvalue weighted by Gasteiger charge is 2.31. The quantitative estimate of drug-likeness (QED) is 0.900. The zero-order valence-electron chi connectivity index (χ0n) is 11.8. The fraction of sp³-hybridized carbons (Fsp3) is 0.143. The molecule has 0 radical (unpaired) electrons. The molecule has 0 bridgehead atoms. The summed E-state index contributed by atoms with van der Waals surface area (Å²) in [6.45, 7) is 0. The zero-order chi connectivity index (χ0) is 17.1. The standard InChI is InChI=1S/C14H12F3NO4S/c1-21-11-6-8-13(9-7-11)23(19,20)18-10-2-4-12(5-3-10)22-14(15,16)17/h2-9,18H,1H3. The summed E-state index contributed by atoms with van der Waals surface area (Å²) in [4.78, 5) is -0.00563. The van der Waals surface area contributed by atoms with Gasteiger partial charge in [-0.05, 0) is 48.5 Å². The number of anilines is 1. The minimum absolute atomic E-state index is 0.00563. The number of hydrogen-bond acceptors (Lipinski definition) is 4. The monoisotopic (exact) mass is 347 g/mol. The normalized spacial score (nSPS) is 11.8. The van der Waals surface area contributed by atoms with Gasteiger partial charge in [-0.2, -0.15) is 0 Å². The van der Waals surface area contributed by atoms with Crippen LogP contribution in [0.15, 0.2) is 53.4 Å². The van der Waals surface area contributed by atoms with Gasteiger partial charge in [0.25, 0.3) is 10.0 Å². The highest BCUT2D eigenvalue weighted by atomic mass is 32.2. The van der Waals surface area contributed by atoms with Crippen LogP contribution in [0.2, 0.25) is 0 Å². The Kier molecular flexibility index (Phi) is 4.69. The van der Waals surface area contributed by atoms with E-state index in [1.165, 1.54) is 43.5 Å². The minimum atomic E-state index is -4.80. The van der Waals surface area contributed by atoms with E-state index in [0.717, 1.165) is 12.1 Å². The van der Waals surface area contributed by atoms with Crippen molar-refractivity contribution in [3.63, 3.8) is 0 Å². The molecule has 0 saturated carbocycles. The average molecular weight is 347 g/mol. The maximum absolute atomic E-state index is 12.2. The van der Waals surface area contributed by atoms with Gasteiger partial charge in [-0.15, -0.1) is 13.2 Å². The first-order valence-electron chi connectivity index (χ1n) is 6.22. The van der Waals surface area contributed by atoms with Gasteiger partial charge >= 0.3 is 6.36 Å². The van der Waals surface area contributed by atoms with Gasteiger partial charge in [-0.1, -0.05) is 0 Å². The lowest BCUT2D eigenvalue weighted by Crippen LogP contribution is -2.17. The lowest BCUT2D eigenvalue weighted by Gasteiger charge is -2.11. The molecule has 0 aromatic heterocycles. The summed E-state index contributed by atoms with van der Waals surface area (Å²) in [7, 11) is -2.40. The number of rotatable bonds is 5. The topological polar surface area (TPSA) is 64.6 Å². The molecule has 2 aromatic rings. The van der Waals surface area contributed by atoms with Crippen LogP contribution in [-0.2, 0) is 10.0 Å². The van der Waals surface area contributed by atoms with Gasteiger partial charge in [0.05, 0.1) is 12.0 Å². The summed E-state index contributed by atoms with van der Waals surface area (Å²) in [5, 5.41) is 0. The number of hydrogen-bond donors (Lipinski definition) is 1. The minimum Gasteiger partial charge on any atom is -0.497 e. The van der Waals surface area contributed by atoms with Crippen molar-refractivity contribution < 1.29 is 31.1 Å². The van der Waals surface area contributed by atoms with Crippen molar-refractivity contribution >= 4 is 15.7 Å². The Morgan fingerprint density at radius 2 is 1.43 bits per heavy atom. The maximum atomic E-state index is 12.2. The van der Waals surface area contributed by atoms with Crippen LogP contribution >= 0.6 is 0 Å². The van der Waals surface area contributed by atoms with E-state index >= 15 is 0 Å². The zero-order valence-corrected chi connectivity index (χ0v) is 12.6. The molecule has 0 amide bonds. The van der Waals surface area contributed by atoms with Crippen molar-refractivity contribution in [2.24, 2.45) is 0 Å². The third-order valence-corrected chi connectivity index (χ3v) is 4.11. The number of halogens is 3. The molecule has 9 heteroatoms. The molecule has 2 aromatic carbocycles. The summed E-state index contributed by atoms with van der Waals surface area (Å²) in [5.74, 6) is 0.0579. The Balaban J connectivity index is 2.13. The van der Waals surface area contributed by atoms with E-state index in [9.17, 15) is 21.6 Å². The number of ether oxygens (including phenoxy) is 2. The van der Waals surface area contributed by atoms with Gasteiger partial charge in [0.1, 0.15) is 11.5 Å². The molecule has 0 aliphatic carbocycles. The molecular weight excluding hydrogens is 335 g/mol. The van der Waals surface area contributed by atoms with Gasteiger partial charge in [0, 0.05) is 5.69 Å². The van der Waals surface area contributed by atoms with Crippen LogP contribution in [0.5, 0.6) is 11.5 Å². The van der Waals surface area contributed by atoms with Gasteiger partial charge in [-0.3, -0.25) is 4.72 Å². The fourth-order valence-electron chi connectivity index (χ4n) is 1.69. The van der Waals surface area contributed by atoms with E-state index in [1.54, 1.807) is 0 Å². The van der Waals surface area contributed by atoms with Crippen molar-refractivity contribution in [2.75, 3.05) is 11.8 Å². The molecule has 0 unspecified atom stereocenters. The Morgan fingerprint density at radius 3 is 1.91 bits per heavy atom. The lowest BCUT2D eigenvalue weighted by molar-refractivity contribution is -0.274. The first kappa shape index (κ1) is 16.9. The molecule has 1 N–H and O–H groups in total. The summed E-state index contributed by atoms with van der Waals surface area (Å²) >= 11 is 0. The fourth-order valence-corrected chi connectivity index (χ4v) is 2.75. The first-order valence-corrected chi connectivity index (χ1v) is 7.71. The van der Waals surface area contributed by atoms with Crippen LogP contribution in [0.4, 0.5) is 18.9 Å². The molecule has 2 rings (SSSR count). The van der Waals surface area contributed by atoms with E-state index in [-0.39, 0.29) is 10.6 Å². The highest BCUT2D eigenvalue weighted by Crippen LogP contribution is 2.25. The van der Waals surface area contributed by atoms with Crippen LogP contribution in [0.1, 0.15) is 0 Å².